The summed E-state index contributed by atoms with van der Waals surface area (Å²) in [6, 6.07) is 3.60. The second-order valence-corrected chi connectivity index (χ2v) is 9.86. The summed E-state index contributed by atoms with van der Waals surface area (Å²) in [6.45, 7) is 10.2. The maximum absolute atomic E-state index is 11.6. The number of hydrogen-bond acceptors (Lipinski definition) is 7. The molecule has 8 heteroatoms. The summed E-state index contributed by atoms with van der Waals surface area (Å²) in [5.74, 6) is -0.0275. The first-order chi connectivity index (χ1) is 15.6. The third-order valence-corrected chi connectivity index (χ3v) is 6.67. The Hall–Kier alpha value is -2.16. The number of ether oxygens (including phenoxy) is 3. The van der Waals surface area contributed by atoms with E-state index in [4.69, 9.17) is 14.2 Å². The van der Waals surface area contributed by atoms with Crippen molar-refractivity contribution in [3.63, 3.8) is 0 Å². The van der Waals surface area contributed by atoms with Crippen LogP contribution in [0.3, 0.4) is 0 Å². The lowest BCUT2D eigenvalue weighted by molar-refractivity contribution is -0.138. The predicted molar refractivity (Wildman–Crippen MR) is 130 cm³/mol. The summed E-state index contributed by atoms with van der Waals surface area (Å²) in [6.07, 6.45) is 0.556. The van der Waals surface area contributed by atoms with E-state index in [1.165, 1.54) is 11.3 Å². The maximum atomic E-state index is 11.6. The van der Waals surface area contributed by atoms with Gasteiger partial charge >= 0.3 is 5.97 Å². The Kier molecular flexibility index (Phi) is 10.1. The lowest BCUT2D eigenvalue weighted by Crippen LogP contribution is -2.27. The van der Waals surface area contributed by atoms with E-state index in [0.717, 1.165) is 28.3 Å². The molecule has 2 N–H and O–H groups in total. The van der Waals surface area contributed by atoms with Gasteiger partial charge in [0.15, 0.2) is 0 Å². The molecule has 0 saturated carbocycles. The van der Waals surface area contributed by atoms with Crippen molar-refractivity contribution in [2.75, 3.05) is 20.8 Å². The Labute approximate surface area is 200 Å². The molecular weight excluding hydrogens is 442 g/mol. The molecule has 7 nitrogen and oxygen atoms in total. The zero-order valence-electron chi connectivity index (χ0n) is 20.7. The largest absolute Gasteiger partial charge is 0.496 e. The Morgan fingerprint density at radius 2 is 1.76 bits per heavy atom. The van der Waals surface area contributed by atoms with Crippen molar-refractivity contribution in [1.29, 1.82) is 0 Å². The SMILES string of the molecule is CCCc1sc(C[C@H](OCC(C)C)[C@H](O)c2cc(OC)c(C)c(OC)c2)nc1C(C)C(=O)O. The molecule has 33 heavy (non-hydrogen) atoms. The third-order valence-electron chi connectivity index (χ3n) is 5.52. The van der Waals surface area contributed by atoms with E-state index in [2.05, 4.69) is 25.8 Å². The van der Waals surface area contributed by atoms with Crippen molar-refractivity contribution in [2.45, 2.75) is 72.0 Å². The van der Waals surface area contributed by atoms with Crippen LogP contribution in [-0.4, -0.2) is 48.1 Å². The van der Waals surface area contributed by atoms with Gasteiger partial charge in [0.2, 0.25) is 0 Å². The van der Waals surface area contributed by atoms with Crippen molar-refractivity contribution in [2.24, 2.45) is 5.92 Å². The summed E-state index contributed by atoms with van der Waals surface area (Å²) < 4.78 is 17.1. The minimum absolute atomic E-state index is 0.288. The van der Waals surface area contributed by atoms with Crippen LogP contribution in [0.1, 0.15) is 72.8 Å². The van der Waals surface area contributed by atoms with Crippen molar-refractivity contribution in [1.82, 2.24) is 4.98 Å². The summed E-state index contributed by atoms with van der Waals surface area (Å²) in [5, 5.41) is 21.6. The van der Waals surface area contributed by atoms with Gasteiger partial charge in [0.1, 0.15) is 17.6 Å². The van der Waals surface area contributed by atoms with Crippen molar-refractivity contribution >= 4 is 17.3 Å². The Balaban J connectivity index is 2.41. The molecule has 2 rings (SSSR count). The molecule has 0 bridgehead atoms. The van der Waals surface area contributed by atoms with Gasteiger partial charge < -0.3 is 24.4 Å². The number of carbonyl (C=O) groups is 1. The molecule has 0 aliphatic rings. The fourth-order valence-electron chi connectivity index (χ4n) is 3.60. The van der Waals surface area contributed by atoms with Crippen LogP contribution in [0.25, 0.3) is 0 Å². The van der Waals surface area contributed by atoms with E-state index in [9.17, 15) is 15.0 Å². The number of aliphatic hydroxyl groups excluding tert-OH is 1. The van der Waals surface area contributed by atoms with Gasteiger partial charge in [-0.15, -0.1) is 11.3 Å². The first-order valence-corrected chi connectivity index (χ1v) is 12.2. The number of aryl methyl sites for hydroxylation is 1. The number of carboxylic acids is 1. The van der Waals surface area contributed by atoms with Crippen LogP contribution >= 0.6 is 11.3 Å². The zero-order valence-corrected chi connectivity index (χ0v) is 21.5. The summed E-state index contributed by atoms with van der Waals surface area (Å²) >= 11 is 1.51. The zero-order chi connectivity index (χ0) is 24.7. The van der Waals surface area contributed by atoms with E-state index >= 15 is 0 Å². The van der Waals surface area contributed by atoms with Crippen molar-refractivity contribution in [3.8, 4) is 11.5 Å². The van der Waals surface area contributed by atoms with Crippen LogP contribution in [0.2, 0.25) is 0 Å². The van der Waals surface area contributed by atoms with Gasteiger partial charge in [-0.1, -0.05) is 27.2 Å². The Bertz CT molecular complexity index is 901. The molecule has 0 aliphatic heterocycles. The number of rotatable bonds is 13. The van der Waals surface area contributed by atoms with E-state index in [1.807, 2.05) is 6.92 Å². The monoisotopic (exact) mass is 479 g/mol. The number of benzene rings is 1. The maximum Gasteiger partial charge on any atom is 0.312 e. The fourth-order valence-corrected chi connectivity index (χ4v) is 4.91. The van der Waals surface area contributed by atoms with Gasteiger partial charge in [-0.3, -0.25) is 4.79 Å². The van der Waals surface area contributed by atoms with Gasteiger partial charge in [0.05, 0.1) is 36.9 Å². The molecule has 0 aliphatic carbocycles. The molecule has 1 heterocycles. The molecule has 0 saturated heterocycles. The molecule has 0 fully saturated rings. The predicted octanol–water partition coefficient (Wildman–Crippen LogP) is 4.93. The minimum Gasteiger partial charge on any atom is -0.496 e. The van der Waals surface area contributed by atoms with Crippen LogP contribution in [-0.2, 0) is 22.4 Å². The van der Waals surface area contributed by atoms with Crippen molar-refractivity contribution in [3.05, 3.63) is 38.8 Å². The number of carboxylic acid groups (broad SMARTS) is 1. The summed E-state index contributed by atoms with van der Waals surface area (Å²) in [5.41, 5.74) is 2.10. The van der Waals surface area contributed by atoms with Crippen LogP contribution < -0.4 is 9.47 Å². The fraction of sp³-hybridized carbons (Fsp3) is 0.600. The van der Waals surface area contributed by atoms with Gasteiger partial charge in [-0.25, -0.2) is 4.98 Å². The molecule has 3 atom stereocenters. The highest BCUT2D eigenvalue weighted by atomic mass is 32.1. The average molecular weight is 480 g/mol. The lowest BCUT2D eigenvalue weighted by Gasteiger charge is -2.25. The molecule has 1 aromatic heterocycles. The molecule has 1 aromatic carbocycles. The number of aromatic nitrogens is 1. The Morgan fingerprint density at radius 1 is 1.15 bits per heavy atom. The molecule has 184 valence electrons. The molecule has 0 amide bonds. The number of methoxy groups -OCH3 is 2. The minimum atomic E-state index is -0.939. The molecule has 2 aromatic rings. The lowest BCUT2D eigenvalue weighted by atomic mass is 9.99. The number of nitrogens with zero attached hydrogens (tertiary/aromatic N) is 1. The highest BCUT2D eigenvalue weighted by molar-refractivity contribution is 7.11. The molecular formula is C25H37NO6S. The molecule has 0 radical (unpaired) electrons. The van der Waals surface area contributed by atoms with Crippen LogP contribution in [0.4, 0.5) is 0 Å². The number of aliphatic hydroxyl groups is 1. The second-order valence-electron chi connectivity index (χ2n) is 8.69. The average Bonchev–Trinajstić information content (AvgIpc) is 3.17. The first-order valence-electron chi connectivity index (χ1n) is 11.4. The third kappa shape index (κ3) is 6.91. The second kappa shape index (κ2) is 12.3. The van der Waals surface area contributed by atoms with Gasteiger partial charge in [0.25, 0.3) is 0 Å². The topological polar surface area (TPSA) is 98.1 Å². The first kappa shape index (κ1) is 27.1. The number of thiazole rings is 1. The van der Waals surface area contributed by atoms with Crippen LogP contribution in [0, 0.1) is 12.8 Å². The smallest absolute Gasteiger partial charge is 0.312 e. The van der Waals surface area contributed by atoms with Crippen LogP contribution in [0.5, 0.6) is 11.5 Å². The number of aliphatic carboxylic acids is 1. The standard InChI is InChI=1S/C25H37NO6S/c1-8-9-21-23(16(5)25(28)29)26-22(33-21)12-20(32-13-14(2)3)24(27)17-10-18(30-6)15(4)19(11-17)31-7/h10-11,14,16,20,24,27H,8-9,12-13H2,1-7H3,(H,28,29)/t16?,20-,24+/m0/s1. The Morgan fingerprint density at radius 3 is 2.24 bits per heavy atom. The normalized spacial score (nSPS) is 14.2. The van der Waals surface area contributed by atoms with E-state index in [0.29, 0.717) is 35.8 Å². The molecule has 0 spiro atoms. The van der Waals surface area contributed by atoms with E-state index in [1.54, 1.807) is 33.3 Å². The van der Waals surface area contributed by atoms with Gasteiger partial charge in [-0.05, 0) is 43.9 Å². The van der Waals surface area contributed by atoms with Gasteiger partial charge in [-0.2, -0.15) is 0 Å². The quantitative estimate of drug-likeness (QED) is 0.420. The molecule has 1 unspecified atom stereocenters. The number of hydrogen-bond donors (Lipinski definition) is 2. The van der Waals surface area contributed by atoms with E-state index in [-0.39, 0.29) is 5.92 Å². The highest BCUT2D eigenvalue weighted by Crippen LogP contribution is 2.35. The summed E-state index contributed by atoms with van der Waals surface area (Å²) in [7, 11) is 3.17. The van der Waals surface area contributed by atoms with Crippen molar-refractivity contribution < 1.29 is 29.2 Å². The highest BCUT2D eigenvalue weighted by Gasteiger charge is 2.28. The van der Waals surface area contributed by atoms with E-state index < -0.39 is 24.1 Å². The summed E-state index contributed by atoms with van der Waals surface area (Å²) in [4.78, 5) is 17.2. The van der Waals surface area contributed by atoms with Gasteiger partial charge in [0, 0.05) is 23.5 Å². The van der Waals surface area contributed by atoms with Crippen LogP contribution in [0.15, 0.2) is 12.1 Å².